The quantitative estimate of drug-likeness (QED) is 0.694. The van der Waals surface area contributed by atoms with Crippen LogP contribution in [0, 0.1) is 5.82 Å². The Hall–Kier alpha value is -2.44. The molecule has 2 N–H and O–H groups in total. The lowest BCUT2D eigenvalue weighted by molar-refractivity contribution is -1.02. The molecule has 1 aliphatic heterocycles. The van der Waals surface area contributed by atoms with Crippen molar-refractivity contribution in [1.82, 2.24) is 4.90 Å². The van der Waals surface area contributed by atoms with Crippen molar-refractivity contribution in [2.75, 3.05) is 40.3 Å². The van der Waals surface area contributed by atoms with Crippen molar-refractivity contribution in [3.63, 3.8) is 0 Å². The highest BCUT2D eigenvalue weighted by Gasteiger charge is 2.32. The fourth-order valence-electron chi connectivity index (χ4n) is 4.08. The van der Waals surface area contributed by atoms with E-state index in [1.165, 1.54) is 16.9 Å². The molecule has 6 heteroatoms. The average Bonchev–Trinajstić information content (AvgIpc) is 2.74. The molecule has 1 heterocycles. The summed E-state index contributed by atoms with van der Waals surface area (Å²) >= 11 is 0. The highest BCUT2D eigenvalue weighted by atomic mass is 19.1. The normalized spacial score (nSPS) is 20.1. The molecule has 3 rings (SSSR count). The minimum Gasteiger partial charge on any atom is -0.494 e. The molecule has 1 saturated heterocycles. The van der Waals surface area contributed by atoms with Crippen LogP contribution < -0.4 is 14.5 Å². The number of hydrogen-bond acceptors (Lipinski definition) is 2. The van der Waals surface area contributed by atoms with Crippen LogP contribution in [0.2, 0.25) is 0 Å². The maximum absolute atomic E-state index is 13.9. The van der Waals surface area contributed by atoms with E-state index in [-0.39, 0.29) is 23.5 Å². The van der Waals surface area contributed by atoms with Gasteiger partial charge < -0.3 is 19.4 Å². The van der Waals surface area contributed by atoms with Crippen LogP contribution >= 0.6 is 0 Å². The number of amides is 1. The molecule has 0 radical (unpaired) electrons. The second-order valence-electron chi connectivity index (χ2n) is 7.96. The molecule has 29 heavy (non-hydrogen) atoms. The first-order valence-electron chi connectivity index (χ1n) is 10.3. The van der Waals surface area contributed by atoms with Gasteiger partial charge in [0.25, 0.3) is 5.91 Å². The Morgan fingerprint density at radius 2 is 1.79 bits per heavy atom. The van der Waals surface area contributed by atoms with Gasteiger partial charge in [0.15, 0.2) is 17.6 Å². The Morgan fingerprint density at radius 1 is 1.10 bits per heavy atom. The number of rotatable bonds is 7. The lowest BCUT2D eigenvalue weighted by Gasteiger charge is -2.34. The summed E-state index contributed by atoms with van der Waals surface area (Å²) in [5.41, 5.74) is 2.13. The highest BCUT2D eigenvalue weighted by Crippen LogP contribution is 2.17. The lowest BCUT2D eigenvalue weighted by atomic mass is 10.1. The van der Waals surface area contributed by atoms with E-state index in [1.54, 1.807) is 12.1 Å². The molecule has 1 aliphatic rings. The number of piperazine rings is 1. The van der Waals surface area contributed by atoms with Crippen molar-refractivity contribution < 1.29 is 23.7 Å². The van der Waals surface area contributed by atoms with Crippen molar-refractivity contribution in [1.29, 1.82) is 0 Å². The third-order valence-electron chi connectivity index (χ3n) is 5.89. The summed E-state index contributed by atoms with van der Waals surface area (Å²) in [6.07, 6.45) is 0. The largest absolute Gasteiger partial charge is 0.494 e. The molecule has 0 saturated carbocycles. The summed E-state index contributed by atoms with van der Waals surface area (Å²) in [6, 6.07) is 15.2. The predicted molar refractivity (Wildman–Crippen MR) is 110 cm³/mol. The van der Waals surface area contributed by atoms with Gasteiger partial charge in [0.05, 0.1) is 7.11 Å². The SMILES string of the molecule is COc1ccc(C[NH+]2CC[NH+]([C@@H](C)C(=O)N(C)Cc3ccccc3)CC2)cc1F. The first-order chi connectivity index (χ1) is 14.0. The van der Waals surface area contributed by atoms with Gasteiger partial charge in [-0.3, -0.25) is 4.79 Å². The number of nitrogens with one attached hydrogen (secondary N) is 2. The van der Waals surface area contributed by atoms with Gasteiger partial charge in [0.1, 0.15) is 32.7 Å². The molecule has 2 aromatic rings. The molecule has 0 aromatic heterocycles. The second-order valence-corrected chi connectivity index (χ2v) is 7.96. The molecule has 1 amide bonds. The minimum atomic E-state index is -0.311. The van der Waals surface area contributed by atoms with E-state index in [2.05, 4.69) is 0 Å². The number of quaternary nitrogens is 2. The molecule has 5 nitrogen and oxygen atoms in total. The molecule has 0 spiro atoms. The molecule has 1 atom stereocenters. The summed E-state index contributed by atoms with van der Waals surface area (Å²) in [5.74, 6) is 0.156. The fourth-order valence-corrected chi connectivity index (χ4v) is 4.08. The Bertz CT molecular complexity index is 807. The molecule has 2 aromatic carbocycles. The summed E-state index contributed by atoms with van der Waals surface area (Å²) in [6.45, 7) is 7.30. The fraction of sp³-hybridized carbons (Fsp3) is 0.435. The van der Waals surface area contributed by atoms with E-state index in [0.29, 0.717) is 6.54 Å². The van der Waals surface area contributed by atoms with Crippen LogP contribution in [-0.2, 0) is 17.9 Å². The third kappa shape index (κ3) is 5.55. The number of nitrogens with zero attached hydrogens (tertiary/aromatic N) is 1. The monoisotopic (exact) mass is 401 g/mol. The van der Waals surface area contributed by atoms with E-state index in [4.69, 9.17) is 4.74 Å². The average molecular weight is 402 g/mol. The van der Waals surface area contributed by atoms with Crippen LogP contribution in [0.25, 0.3) is 0 Å². The van der Waals surface area contributed by atoms with Crippen LogP contribution in [0.15, 0.2) is 48.5 Å². The molecule has 0 aliphatic carbocycles. The maximum Gasteiger partial charge on any atom is 0.280 e. The molecule has 0 unspecified atom stereocenters. The van der Waals surface area contributed by atoms with Gasteiger partial charge in [-0.05, 0) is 30.7 Å². The van der Waals surface area contributed by atoms with Gasteiger partial charge in [-0.15, -0.1) is 0 Å². The maximum atomic E-state index is 13.9. The number of carbonyl (C=O) groups excluding carboxylic acids is 1. The number of carbonyl (C=O) groups is 1. The Labute approximate surface area is 172 Å². The molecular formula is C23H32FN3O2+2. The first kappa shape index (κ1) is 21.3. The van der Waals surface area contributed by atoms with E-state index in [9.17, 15) is 9.18 Å². The standard InChI is InChI=1S/C23H30FN3O2/c1-18(23(28)25(2)16-19-7-5-4-6-8-19)27-13-11-26(12-14-27)17-20-9-10-22(29-3)21(24)15-20/h4-10,15,18H,11-14,16-17H2,1-3H3/p+2/t18-/m0/s1. The summed E-state index contributed by atoms with van der Waals surface area (Å²) in [4.78, 5) is 17.4. The van der Waals surface area contributed by atoms with E-state index in [1.807, 2.05) is 55.3 Å². The van der Waals surface area contributed by atoms with Crippen LogP contribution in [0.1, 0.15) is 18.1 Å². The van der Waals surface area contributed by atoms with Gasteiger partial charge in [-0.25, -0.2) is 4.39 Å². The first-order valence-corrected chi connectivity index (χ1v) is 10.3. The van der Waals surface area contributed by atoms with Crippen LogP contribution in [-0.4, -0.2) is 57.2 Å². The van der Waals surface area contributed by atoms with Crippen molar-refractivity contribution >= 4 is 5.91 Å². The van der Waals surface area contributed by atoms with E-state index < -0.39 is 0 Å². The van der Waals surface area contributed by atoms with Crippen molar-refractivity contribution in [2.24, 2.45) is 0 Å². The second kappa shape index (κ2) is 9.85. The van der Waals surface area contributed by atoms with Crippen LogP contribution in [0.4, 0.5) is 4.39 Å². The van der Waals surface area contributed by atoms with Crippen LogP contribution in [0.3, 0.4) is 0 Å². The van der Waals surface area contributed by atoms with E-state index >= 15 is 0 Å². The number of halogens is 1. The van der Waals surface area contributed by atoms with Crippen molar-refractivity contribution in [3.05, 3.63) is 65.5 Å². The Kier molecular flexibility index (Phi) is 7.23. The molecule has 0 bridgehead atoms. The van der Waals surface area contributed by atoms with Crippen LogP contribution in [0.5, 0.6) is 5.75 Å². The minimum absolute atomic E-state index is 0.0521. The number of methoxy groups -OCH3 is 1. The molecular weight excluding hydrogens is 369 g/mol. The topological polar surface area (TPSA) is 38.4 Å². The Morgan fingerprint density at radius 3 is 2.41 bits per heavy atom. The summed E-state index contributed by atoms with van der Waals surface area (Å²) in [5, 5.41) is 0. The van der Waals surface area contributed by atoms with Gasteiger partial charge in [-0.1, -0.05) is 30.3 Å². The third-order valence-corrected chi connectivity index (χ3v) is 5.89. The zero-order chi connectivity index (χ0) is 20.8. The number of likely N-dealkylation sites (N-methyl/N-ethyl adjacent to an activating group) is 1. The molecule has 156 valence electrons. The highest BCUT2D eigenvalue weighted by molar-refractivity contribution is 5.79. The smallest absolute Gasteiger partial charge is 0.280 e. The zero-order valence-corrected chi connectivity index (χ0v) is 17.6. The van der Waals surface area contributed by atoms with Crippen molar-refractivity contribution in [2.45, 2.75) is 26.1 Å². The number of ether oxygens (including phenoxy) is 1. The molecule has 1 fully saturated rings. The summed E-state index contributed by atoms with van der Waals surface area (Å²) in [7, 11) is 3.36. The summed E-state index contributed by atoms with van der Waals surface area (Å²) < 4.78 is 18.9. The van der Waals surface area contributed by atoms with E-state index in [0.717, 1.165) is 43.9 Å². The number of benzene rings is 2. The van der Waals surface area contributed by atoms with Gasteiger partial charge in [-0.2, -0.15) is 0 Å². The van der Waals surface area contributed by atoms with Gasteiger partial charge in [0, 0.05) is 19.2 Å². The van der Waals surface area contributed by atoms with Gasteiger partial charge >= 0.3 is 0 Å². The van der Waals surface area contributed by atoms with Gasteiger partial charge in [0.2, 0.25) is 0 Å². The predicted octanol–water partition coefficient (Wildman–Crippen LogP) is 0.165. The number of hydrogen-bond donors (Lipinski definition) is 2. The Balaban J connectivity index is 1.49. The lowest BCUT2D eigenvalue weighted by Crippen LogP contribution is -3.29. The zero-order valence-electron chi connectivity index (χ0n) is 17.6. The van der Waals surface area contributed by atoms with Crippen molar-refractivity contribution in [3.8, 4) is 5.75 Å².